The minimum absolute atomic E-state index is 0.0306. The van der Waals surface area contributed by atoms with Gasteiger partial charge in [-0.1, -0.05) is 30.3 Å². The highest BCUT2D eigenvalue weighted by Gasteiger charge is 2.30. The molecule has 0 unspecified atom stereocenters. The van der Waals surface area contributed by atoms with E-state index >= 15 is 0 Å². The predicted octanol–water partition coefficient (Wildman–Crippen LogP) is 4.05. The van der Waals surface area contributed by atoms with Gasteiger partial charge in [-0.3, -0.25) is 9.59 Å². The molecule has 0 saturated carbocycles. The fourth-order valence-electron chi connectivity index (χ4n) is 2.86. The van der Waals surface area contributed by atoms with E-state index in [-0.39, 0.29) is 16.6 Å². The highest BCUT2D eigenvalue weighted by Crippen LogP contribution is 2.30. The fourth-order valence-corrected chi connectivity index (χ4v) is 2.86. The maximum absolute atomic E-state index is 14.4. The third-order valence-electron chi connectivity index (χ3n) is 4.10. The zero-order valence-electron chi connectivity index (χ0n) is 14.8. The summed E-state index contributed by atoms with van der Waals surface area (Å²) in [5.74, 6) is -2.08. The van der Waals surface area contributed by atoms with Crippen LogP contribution >= 0.6 is 0 Å². The van der Waals surface area contributed by atoms with Gasteiger partial charge in [-0.25, -0.2) is 9.07 Å². The van der Waals surface area contributed by atoms with E-state index in [1.807, 2.05) is 0 Å². The minimum atomic E-state index is -4.57. The van der Waals surface area contributed by atoms with Crippen LogP contribution in [0.1, 0.15) is 16.8 Å². The van der Waals surface area contributed by atoms with Gasteiger partial charge in [0, 0.05) is 5.39 Å². The molecule has 5 nitrogen and oxygen atoms in total. The van der Waals surface area contributed by atoms with Crippen LogP contribution in [0.2, 0.25) is 0 Å². The quantitative estimate of drug-likeness (QED) is 0.649. The van der Waals surface area contributed by atoms with Crippen LogP contribution in [0.3, 0.4) is 0 Å². The van der Waals surface area contributed by atoms with Crippen molar-refractivity contribution >= 4 is 22.8 Å². The van der Waals surface area contributed by atoms with E-state index in [1.54, 1.807) is 18.2 Å². The second-order valence-corrected chi connectivity index (χ2v) is 6.24. The van der Waals surface area contributed by atoms with Crippen LogP contribution in [0.4, 0.5) is 17.6 Å². The topological polar surface area (TPSA) is 72.2 Å². The first-order valence-electron chi connectivity index (χ1n) is 8.39. The number of allylic oxidation sites excluding steroid dienone is 1. The van der Waals surface area contributed by atoms with Gasteiger partial charge in [-0.05, 0) is 29.8 Å². The van der Waals surface area contributed by atoms with Gasteiger partial charge in [0.05, 0.1) is 29.6 Å². The van der Waals surface area contributed by atoms with E-state index in [0.717, 1.165) is 29.0 Å². The fraction of sp³-hybridized carbons (Fsp3) is 0.150. The number of aromatic nitrogens is 2. The summed E-state index contributed by atoms with van der Waals surface area (Å²) in [7, 11) is 0. The number of carboxylic acids is 1. The van der Waals surface area contributed by atoms with Crippen LogP contribution in [-0.2, 0) is 23.9 Å². The number of benzene rings is 2. The Morgan fingerprint density at radius 1 is 1.10 bits per heavy atom. The largest absolute Gasteiger partial charge is 0.481 e. The summed E-state index contributed by atoms with van der Waals surface area (Å²) in [5.41, 5.74) is -1.51. The van der Waals surface area contributed by atoms with Crippen LogP contribution in [-0.4, -0.2) is 20.9 Å². The molecular weight excluding hydrogens is 392 g/mol. The lowest BCUT2D eigenvalue weighted by Gasteiger charge is -2.10. The summed E-state index contributed by atoms with van der Waals surface area (Å²) < 4.78 is 53.6. The molecule has 29 heavy (non-hydrogen) atoms. The first-order valence-corrected chi connectivity index (χ1v) is 8.39. The lowest BCUT2D eigenvalue weighted by molar-refractivity contribution is -0.138. The molecule has 0 aliphatic carbocycles. The summed E-state index contributed by atoms with van der Waals surface area (Å²) in [4.78, 5) is 23.6. The number of hydrogen-bond donors (Lipinski definition) is 1. The Hall–Kier alpha value is -3.49. The molecule has 0 radical (unpaired) electrons. The van der Waals surface area contributed by atoms with Crippen LogP contribution in [0.5, 0.6) is 0 Å². The zero-order valence-corrected chi connectivity index (χ0v) is 14.8. The lowest BCUT2D eigenvalue weighted by Crippen LogP contribution is -2.25. The third-order valence-corrected chi connectivity index (χ3v) is 4.10. The second kappa shape index (κ2) is 7.86. The predicted molar refractivity (Wildman–Crippen MR) is 97.9 cm³/mol. The monoisotopic (exact) mass is 406 g/mol. The van der Waals surface area contributed by atoms with Crippen LogP contribution < -0.4 is 5.56 Å². The highest BCUT2D eigenvalue weighted by atomic mass is 19.4. The van der Waals surface area contributed by atoms with E-state index in [0.29, 0.717) is 5.39 Å². The van der Waals surface area contributed by atoms with Gasteiger partial charge < -0.3 is 5.11 Å². The van der Waals surface area contributed by atoms with Crippen LogP contribution in [0.25, 0.3) is 16.8 Å². The molecule has 0 bridgehead atoms. The Morgan fingerprint density at radius 3 is 2.45 bits per heavy atom. The van der Waals surface area contributed by atoms with Gasteiger partial charge in [-0.2, -0.15) is 18.3 Å². The van der Waals surface area contributed by atoms with Crippen molar-refractivity contribution in [3.8, 4) is 0 Å². The molecular formula is C20H14F4N2O3. The van der Waals surface area contributed by atoms with E-state index in [4.69, 9.17) is 5.11 Å². The molecule has 3 rings (SSSR count). The molecule has 3 aromatic rings. The SMILES string of the molecule is O=C(O)Cc1nn(C/C(F)=C\c2cccc(C(F)(F)F)c2)c(=O)c2ccccc12. The average molecular weight is 406 g/mol. The molecule has 0 aliphatic heterocycles. The first-order chi connectivity index (χ1) is 13.6. The number of carbonyl (C=O) groups is 1. The van der Waals surface area contributed by atoms with Crippen molar-refractivity contribution in [2.75, 3.05) is 0 Å². The summed E-state index contributed by atoms with van der Waals surface area (Å²) in [5, 5.41) is 13.5. The highest BCUT2D eigenvalue weighted by molar-refractivity contribution is 5.86. The number of halogens is 4. The van der Waals surface area contributed by atoms with E-state index in [9.17, 15) is 27.2 Å². The molecule has 150 valence electrons. The number of nitrogens with zero attached hydrogens (tertiary/aromatic N) is 2. The maximum Gasteiger partial charge on any atom is 0.416 e. The molecule has 1 heterocycles. The number of hydrogen-bond acceptors (Lipinski definition) is 3. The van der Waals surface area contributed by atoms with Crippen molar-refractivity contribution in [1.29, 1.82) is 0 Å². The van der Waals surface area contributed by atoms with Crippen molar-refractivity contribution < 1.29 is 27.5 Å². The number of aliphatic carboxylic acids is 1. The second-order valence-electron chi connectivity index (χ2n) is 6.24. The molecule has 1 aromatic heterocycles. The zero-order chi connectivity index (χ0) is 21.2. The molecule has 2 aromatic carbocycles. The Bertz CT molecular complexity index is 1170. The van der Waals surface area contributed by atoms with Gasteiger partial charge in [0.25, 0.3) is 5.56 Å². The number of carboxylic acid groups (broad SMARTS) is 1. The molecule has 9 heteroatoms. The lowest BCUT2D eigenvalue weighted by atomic mass is 10.1. The van der Waals surface area contributed by atoms with Gasteiger partial charge >= 0.3 is 12.1 Å². The summed E-state index contributed by atoms with van der Waals surface area (Å²) in [6, 6.07) is 10.3. The standard InChI is InChI=1S/C20H14F4N2O3/c21-14(9-12-4-3-5-13(8-12)20(22,23)24)11-26-19(29)16-7-2-1-6-15(16)17(25-26)10-18(27)28/h1-9H,10-11H2,(H,27,28)/b14-9+. The Labute approximate surface area is 161 Å². The molecule has 0 fully saturated rings. The number of rotatable bonds is 5. The number of alkyl halides is 3. The van der Waals surface area contributed by atoms with Gasteiger partial charge in [0.2, 0.25) is 0 Å². The Kier molecular flexibility index (Phi) is 5.49. The summed E-state index contributed by atoms with van der Waals surface area (Å²) >= 11 is 0. The molecule has 0 atom stereocenters. The van der Waals surface area contributed by atoms with E-state index < -0.39 is 42.1 Å². The molecule has 0 spiro atoms. The minimum Gasteiger partial charge on any atom is -0.481 e. The van der Waals surface area contributed by atoms with Crippen molar-refractivity contribution in [3.05, 3.63) is 81.5 Å². The number of fused-ring (bicyclic) bond motifs is 1. The molecule has 0 amide bonds. The van der Waals surface area contributed by atoms with E-state index in [2.05, 4.69) is 5.10 Å². The smallest absolute Gasteiger partial charge is 0.416 e. The van der Waals surface area contributed by atoms with Gasteiger partial charge in [0.1, 0.15) is 5.83 Å². The van der Waals surface area contributed by atoms with Crippen molar-refractivity contribution in [2.24, 2.45) is 0 Å². The first kappa shape index (κ1) is 20.2. The van der Waals surface area contributed by atoms with Crippen molar-refractivity contribution in [3.63, 3.8) is 0 Å². The maximum atomic E-state index is 14.4. The summed E-state index contributed by atoms with van der Waals surface area (Å²) in [6.45, 7) is -0.646. The average Bonchev–Trinajstić information content (AvgIpc) is 2.64. The Morgan fingerprint density at radius 2 is 1.79 bits per heavy atom. The van der Waals surface area contributed by atoms with Gasteiger partial charge in [0.15, 0.2) is 0 Å². The van der Waals surface area contributed by atoms with Crippen LogP contribution in [0, 0.1) is 0 Å². The Balaban J connectivity index is 1.99. The molecule has 0 aliphatic rings. The molecule has 1 N–H and O–H groups in total. The van der Waals surface area contributed by atoms with Crippen molar-refractivity contribution in [1.82, 2.24) is 9.78 Å². The summed E-state index contributed by atoms with van der Waals surface area (Å²) in [6.07, 6.45) is -4.17. The third kappa shape index (κ3) is 4.68. The molecule has 0 saturated heterocycles. The van der Waals surface area contributed by atoms with Crippen molar-refractivity contribution in [2.45, 2.75) is 19.1 Å². The van der Waals surface area contributed by atoms with Crippen LogP contribution in [0.15, 0.2) is 59.2 Å². The van der Waals surface area contributed by atoms with E-state index in [1.165, 1.54) is 12.1 Å². The van der Waals surface area contributed by atoms with Gasteiger partial charge in [-0.15, -0.1) is 0 Å². The normalized spacial score (nSPS) is 12.3.